The molecule has 142 valence electrons. The van der Waals surface area contributed by atoms with Gasteiger partial charge in [0.2, 0.25) is 11.8 Å². The number of H-pyrrole nitrogens is 1. The molecule has 0 aliphatic carbocycles. The minimum Gasteiger partial charge on any atom is -0.494 e. The fourth-order valence-corrected chi connectivity index (χ4v) is 3.25. The lowest BCUT2D eigenvalue weighted by Gasteiger charge is -2.21. The molecule has 0 saturated heterocycles. The summed E-state index contributed by atoms with van der Waals surface area (Å²) in [5, 5.41) is 16.1. The van der Waals surface area contributed by atoms with Crippen molar-refractivity contribution in [1.29, 1.82) is 0 Å². The SMILES string of the molecule is CC(=O)N1N=C(c2c(O)n(C)c(=S)[nH]c2=O)CC1c1ccc(N(C)C)cc1. The standard InChI is InChI=1S/C18H21N5O3S/c1-10(24)23-14(11-5-7-12(8-6-11)21(2)3)9-13(20-23)15-16(25)19-18(27)22(4)17(15)26/h5-8,14,26H,9H2,1-4H3,(H,19,25,27). The second-order valence-electron chi connectivity index (χ2n) is 6.63. The maximum absolute atomic E-state index is 12.4. The summed E-state index contributed by atoms with van der Waals surface area (Å²) < 4.78 is 1.41. The average Bonchev–Trinajstić information content (AvgIpc) is 3.05. The van der Waals surface area contributed by atoms with Crippen LogP contribution in [0.1, 0.15) is 30.5 Å². The number of aromatic hydroxyl groups is 1. The van der Waals surface area contributed by atoms with Crippen LogP contribution >= 0.6 is 12.2 Å². The molecule has 1 amide bonds. The topological polar surface area (TPSA) is 93.9 Å². The van der Waals surface area contributed by atoms with Crippen LogP contribution in [-0.2, 0) is 11.8 Å². The molecule has 1 aromatic heterocycles. The lowest BCUT2D eigenvalue weighted by molar-refractivity contribution is -0.130. The second kappa shape index (κ2) is 6.99. The molecule has 3 rings (SSSR count). The van der Waals surface area contributed by atoms with E-state index in [0.717, 1.165) is 11.3 Å². The monoisotopic (exact) mass is 387 g/mol. The van der Waals surface area contributed by atoms with E-state index in [1.165, 1.54) is 16.5 Å². The largest absolute Gasteiger partial charge is 0.494 e. The first kappa shape index (κ1) is 18.8. The molecule has 1 unspecified atom stereocenters. The lowest BCUT2D eigenvalue weighted by atomic mass is 9.99. The molecule has 1 aliphatic heterocycles. The number of rotatable bonds is 3. The van der Waals surface area contributed by atoms with Gasteiger partial charge in [-0.1, -0.05) is 12.1 Å². The summed E-state index contributed by atoms with van der Waals surface area (Å²) in [6.07, 6.45) is 0.314. The van der Waals surface area contributed by atoms with Crippen LogP contribution in [0, 0.1) is 4.77 Å². The van der Waals surface area contributed by atoms with Crippen molar-refractivity contribution in [2.45, 2.75) is 19.4 Å². The van der Waals surface area contributed by atoms with Gasteiger partial charge in [0.05, 0.1) is 11.8 Å². The van der Waals surface area contributed by atoms with Gasteiger partial charge >= 0.3 is 0 Å². The van der Waals surface area contributed by atoms with Crippen molar-refractivity contribution >= 4 is 29.5 Å². The fourth-order valence-electron chi connectivity index (χ4n) is 3.07. The molecule has 1 aromatic carbocycles. The van der Waals surface area contributed by atoms with Gasteiger partial charge in [-0.3, -0.25) is 19.1 Å². The first-order valence-electron chi connectivity index (χ1n) is 8.38. The van der Waals surface area contributed by atoms with Crippen LogP contribution in [0.5, 0.6) is 5.88 Å². The number of hydrogen-bond acceptors (Lipinski definition) is 6. The van der Waals surface area contributed by atoms with Crippen molar-refractivity contribution in [2.75, 3.05) is 19.0 Å². The first-order valence-corrected chi connectivity index (χ1v) is 8.78. The molecule has 8 nitrogen and oxygen atoms in total. The number of nitrogens with one attached hydrogen (secondary N) is 1. The van der Waals surface area contributed by atoms with E-state index in [1.807, 2.05) is 43.3 Å². The van der Waals surface area contributed by atoms with Crippen LogP contribution in [0.3, 0.4) is 0 Å². The molecule has 9 heteroatoms. The summed E-state index contributed by atoms with van der Waals surface area (Å²) in [6.45, 7) is 1.42. The minimum atomic E-state index is -0.526. The Morgan fingerprint density at radius 1 is 1.33 bits per heavy atom. The number of benzene rings is 1. The van der Waals surface area contributed by atoms with Gasteiger partial charge in [0, 0.05) is 40.2 Å². The van der Waals surface area contributed by atoms with Crippen LogP contribution in [0.15, 0.2) is 34.2 Å². The minimum absolute atomic E-state index is 0.0322. The normalized spacial score (nSPS) is 16.4. The van der Waals surface area contributed by atoms with E-state index in [4.69, 9.17) is 12.2 Å². The van der Waals surface area contributed by atoms with E-state index in [1.54, 1.807) is 7.05 Å². The molecule has 27 heavy (non-hydrogen) atoms. The highest BCUT2D eigenvalue weighted by Crippen LogP contribution is 2.34. The zero-order valence-corrected chi connectivity index (χ0v) is 16.4. The molecule has 0 spiro atoms. The molecule has 0 radical (unpaired) electrons. The van der Waals surface area contributed by atoms with E-state index < -0.39 is 5.56 Å². The van der Waals surface area contributed by atoms with E-state index in [9.17, 15) is 14.7 Å². The summed E-state index contributed by atoms with van der Waals surface area (Å²) >= 11 is 5.00. The number of anilines is 1. The highest BCUT2D eigenvalue weighted by Gasteiger charge is 2.34. The Morgan fingerprint density at radius 3 is 2.52 bits per heavy atom. The molecule has 2 aromatic rings. The van der Waals surface area contributed by atoms with Gasteiger partial charge in [-0.2, -0.15) is 5.10 Å². The molecular formula is C18H21N5O3S. The van der Waals surface area contributed by atoms with Gasteiger partial charge in [-0.05, 0) is 29.9 Å². The molecular weight excluding hydrogens is 366 g/mol. The number of aromatic nitrogens is 2. The van der Waals surface area contributed by atoms with Gasteiger partial charge in [-0.15, -0.1) is 0 Å². The highest BCUT2D eigenvalue weighted by molar-refractivity contribution is 7.71. The quantitative estimate of drug-likeness (QED) is 0.785. The summed E-state index contributed by atoms with van der Waals surface area (Å²) in [5.74, 6) is -0.513. The van der Waals surface area contributed by atoms with E-state index in [0.29, 0.717) is 12.1 Å². The van der Waals surface area contributed by atoms with E-state index in [2.05, 4.69) is 10.1 Å². The molecule has 0 saturated carbocycles. The summed E-state index contributed by atoms with van der Waals surface area (Å²) in [5.41, 5.74) is 1.78. The third-order valence-corrected chi connectivity index (χ3v) is 4.99. The first-order chi connectivity index (χ1) is 12.7. The predicted molar refractivity (Wildman–Crippen MR) is 106 cm³/mol. The fraction of sp³-hybridized carbons (Fsp3) is 0.333. The summed E-state index contributed by atoms with van der Waals surface area (Å²) in [4.78, 5) is 29.0. The number of hydrogen-bond donors (Lipinski definition) is 2. The molecule has 0 bridgehead atoms. The third-order valence-electron chi connectivity index (χ3n) is 4.61. The Kier molecular flexibility index (Phi) is 4.88. The molecule has 0 fully saturated rings. The van der Waals surface area contributed by atoms with Gasteiger partial charge in [-0.25, -0.2) is 5.01 Å². The van der Waals surface area contributed by atoms with Gasteiger partial charge in [0.25, 0.3) is 5.56 Å². The zero-order valence-electron chi connectivity index (χ0n) is 15.6. The second-order valence-corrected chi connectivity index (χ2v) is 7.02. The molecule has 1 aliphatic rings. The Labute approximate surface area is 161 Å². The van der Waals surface area contributed by atoms with E-state index in [-0.39, 0.29) is 28.2 Å². The number of carbonyl (C=O) groups is 1. The van der Waals surface area contributed by atoms with Crippen molar-refractivity contribution in [2.24, 2.45) is 12.1 Å². The maximum Gasteiger partial charge on any atom is 0.264 e. The van der Waals surface area contributed by atoms with Crippen molar-refractivity contribution in [3.63, 3.8) is 0 Å². The highest BCUT2D eigenvalue weighted by atomic mass is 32.1. The lowest BCUT2D eigenvalue weighted by Crippen LogP contribution is -2.24. The van der Waals surface area contributed by atoms with Crippen molar-refractivity contribution < 1.29 is 9.90 Å². The maximum atomic E-state index is 12.4. The van der Waals surface area contributed by atoms with Crippen molar-refractivity contribution in [1.82, 2.24) is 14.6 Å². The molecule has 1 atom stereocenters. The number of aromatic amines is 1. The number of amides is 1. The summed E-state index contributed by atoms with van der Waals surface area (Å²) in [6, 6.07) is 7.44. The Hall–Kier alpha value is -2.94. The van der Waals surface area contributed by atoms with Crippen molar-refractivity contribution in [3.8, 4) is 5.88 Å². The summed E-state index contributed by atoms with van der Waals surface area (Å²) in [7, 11) is 5.45. The van der Waals surface area contributed by atoms with Crippen LogP contribution in [-0.4, -0.2) is 45.4 Å². The van der Waals surface area contributed by atoms with Crippen LogP contribution in [0.2, 0.25) is 0 Å². The van der Waals surface area contributed by atoms with Gasteiger partial charge in [0.15, 0.2) is 4.77 Å². The zero-order chi connectivity index (χ0) is 19.9. The number of carbonyl (C=O) groups excluding carboxylic acids is 1. The van der Waals surface area contributed by atoms with Gasteiger partial charge < -0.3 is 10.0 Å². The average molecular weight is 387 g/mol. The Bertz CT molecular complexity index is 1040. The number of hydrazone groups is 1. The van der Waals surface area contributed by atoms with Crippen LogP contribution in [0.4, 0.5) is 5.69 Å². The molecule has 2 N–H and O–H groups in total. The Balaban J connectivity index is 2.03. The van der Waals surface area contributed by atoms with Crippen LogP contribution in [0.25, 0.3) is 0 Å². The van der Waals surface area contributed by atoms with Crippen LogP contribution < -0.4 is 10.5 Å². The smallest absolute Gasteiger partial charge is 0.264 e. The van der Waals surface area contributed by atoms with Crippen molar-refractivity contribution in [3.05, 3.63) is 50.5 Å². The molecule has 2 heterocycles. The van der Waals surface area contributed by atoms with E-state index >= 15 is 0 Å². The number of nitrogens with zero attached hydrogens (tertiary/aromatic N) is 4. The third kappa shape index (κ3) is 3.37. The van der Waals surface area contributed by atoms with Gasteiger partial charge in [0.1, 0.15) is 5.56 Å². The predicted octanol–water partition coefficient (Wildman–Crippen LogP) is 1.91. The Morgan fingerprint density at radius 2 is 1.96 bits per heavy atom.